The molecule has 1 saturated carbocycles. The van der Waals surface area contributed by atoms with E-state index < -0.39 is 16.0 Å². The van der Waals surface area contributed by atoms with Crippen molar-refractivity contribution in [1.82, 2.24) is 0 Å². The Labute approximate surface area is 115 Å². The number of carbonyl (C=O) groups is 1. The Morgan fingerprint density at radius 1 is 1.37 bits per heavy atom. The first-order valence-corrected chi connectivity index (χ1v) is 8.81. The second-order valence-electron chi connectivity index (χ2n) is 5.19. The molecule has 3 rings (SSSR count). The lowest BCUT2D eigenvalue weighted by Crippen LogP contribution is -2.18. The molecule has 0 radical (unpaired) electrons. The maximum absolute atomic E-state index is 12.0. The van der Waals surface area contributed by atoms with Gasteiger partial charge in [-0.1, -0.05) is 0 Å². The normalized spacial score (nSPS) is 18.3. The Hall–Kier alpha value is -1.08. The van der Waals surface area contributed by atoms with Crippen molar-refractivity contribution >= 4 is 32.3 Å². The third-order valence-corrected chi connectivity index (χ3v) is 6.30. The van der Waals surface area contributed by atoms with Crippen molar-refractivity contribution in [3.8, 4) is 0 Å². The molecule has 1 heterocycles. The van der Waals surface area contributed by atoms with Crippen LogP contribution in [0.5, 0.6) is 0 Å². The molecule has 2 aliphatic carbocycles. The third kappa shape index (κ3) is 2.62. The average Bonchev–Trinajstić information content (AvgIpc) is 2.84. The van der Waals surface area contributed by atoms with Gasteiger partial charge in [0.15, 0.2) is 0 Å². The lowest BCUT2D eigenvalue weighted by molar-refractivity contribution is 0.0697. The molecule has 0 unspecified atom stereocenters. The Morgan fingerprint density at radius 3 is 2.74 bits per heavy atom. The average molecular weight is 301 g/mol. The fourth-order valence-electron chi connectivity index (χ4n) is 2.48. The minimum atomic E-state index is -3.42. The summed E-state index contributed by atoms with van der Waals surface area (Å²) < 4.78 is 26.4. The maximum atomic E-state index is 12.0. The highest BCUT2D eigenvalue weighted by Crippen LogP contribution is 2.40. The van der Waals surface area contributed by atoms with Gasteiger partial charge in [0.1, 0.15) is 5.00 Å². The first kappa shape index (κ1) is 12.9. The monoisotopic (exact) mass is 301 g/mol. The number of anilines is 1. The van der Waals surface area contributed by atoms with Gasteiger partial charge in [0.25, 0.3) is 0 Å². The number of fused-ring (bicyclic) bond motifs is 1. The zero-order valence-electron chi connectivity index (χ0n) is 10.3. The summed E-state index contributed by atoms with van der Waals surface area (Å²) in [6.45, 7) is 0. The SMILES string of the molecule is O=C(O)c1c(NS(=O)(=O)CC2CC2)sc2c1CCC2. The van der Waals surface area contributed by atoms with E-state index in [4.69, 9.17) is 0 Å². The largest absolute Gasteiger partial charge is 0.478 e. The topological polar surface area (TPSA) is 83.5 Å². The fraction of sp³-hybridized carbons (Fsp3) is 0.583. The summed E-state index contributed by atoms with van der Waals surface area (Å²) in [5.74, 6) is -0.685. The molecule has 2 N–H and O–H groups in total. The molecule has 0 aliphatic heterocycles. The van der Waals surface area contributed by atoms with Gasteiger partial charge in [-0.15, -0.1) is 11.3 Å². The predicted molar refractivity (Wildman–Crippen MR) is 73.4 cm³/mol. The zero-order valence-corrected chi connectivity index (χ0v) is 11.9. The number of hydrogen-bond acceptors (Lipinski definition) is 4. The Morgan fingerprint density at radius 2 is 2.11 bits per heavy atom. The van der Waals surface area contributed by atoms with Crippen molar-refractivity contribution in [2.24, 2.45) is 5.92 Å². The van der Waals surface area contributed by atoms with Crippen LogP contribution in [-0.4, -0.2) is 25.2 Å². The minimum absolute atomic E-state index is 0.106. The van der Waals surface area contributed by atoms with Gasteiger partial charge in [0.05, 0.1) is 11.3 Å². The molecule has 0 amide bonds. The molecule has 19 heavy (non-hydrogen) atoms. The van der Waals surface area contributed by atoms with E-state index in [1.165, 1.54) is 11.3 Å². The molecule has 7 heteroatoms. The van der Waals surface area contributed by atoms with Gasteiger partial charge in [-0.25, -0.2) is 13.2 Å². The molecular weight excluding hydrogens is 286 g/mol. The number of thiophene rings is 1. The van der Waals surface area contributed by atoms with E-state index in [1.54, 1.807) is 0 Å². The molecule has 0 spiro atoms. The maximum Gasteiger partial charge on any atom is 0.339 e. The van der Waals surface area contributed by atoms with Crippen LogP contribution in [0, 0.1) is 5.92 Å². The molecule has 5 nitrogen and oxygen atoms in total. The van der Waals surface area contributed by atoms with Crippen LogP contribution in [0.2, 0.25) is 0 Å². The highest BCUT2D eigenvalue weighted by atomic mass is 32.2. The van der Waals surface area contributed by atoms with E-state index in [9.17, 15) is 18.3 Å². The highest BCUT2D eigenvalue weighted by Gasteiger charge is 2.31. The second-order valence-corrected chi connectivity index (χ2v) is 8.07. The molecule has 2 aliphatic rings. The van der Waals surface area contributed by atoms with Gasteiger partial charge in [0.2, 0.25) is 10.0 Å². The van der Waals surface area contributed by atoms with E-state index in [0.717, 1.165) is 42.5 Å². The molecule has 1 aromatic rings. The number of hydrogen-bond donors (Lipinski definition) is 2. The van der Waals surface area contributed by atoms with E-state index in [1.807, 2.05) is 0 Å². The Kier molecular flexibility index (Phi) is 3.05. The van der Waals surface area contributed by atoms with E-state index in [-0.39, 0.29) is 22.2 Å². The van der Waals surface area contributed by atoms with Crippen LogP contribution in [0.4, 0.5) is 5.00 Å². The molecular formula is C12H15NO4S2. The van der Waals surface area contributed by atoms with Gasteiger partial charge in [0, 0.05) is 4.88 Å². The second kappa shape index (κ2) is 4.49. The summed E-state index contributed by atoms with van der Waals surface area (Å²) in [4.78, 5) is 12.4. The van der Waals surface area contributed by atoms with Crippen LogP contribution < -0.4 is 4.72 Å². The van der Waals surface area contributed by atoms with Crippen LogP contribution in [0.3, 0.4) is 0 Å². The zero-order chi connectivity index (χ0) is 13.6. The van der Waals surface area contributed by atoms with Crippen molar-refractivity contribution in [3.63, 3.8) is 0 Å². The van der Waals surface area contributed by atoms with Crippen LogP contribution in [0.25, 0.3) is 0 Å². The number of sulfonamides is 1. The van der Waals surface area contributed by atoms with Crippen LogP contribution in [0.1, 0.15) is 40.1 Å². The summed E-state index contributed by atoms with van der Waals surface area (Å²) in [5, 5.41) is 9.57. The summed E-state index contributed by atoms with van der Waals surface area (Å²) in [6.07, 6.45) is 4.44. The summed E-state index contributed by atoms with van der Waals surface area (Å²) >= 11 is 1.28. The van der Waals surface area contributed by atoms with E-state index in [2.05, 4.69) is 4.72 Å². The van der Waals surface area contributed by atoms with Crippen molar-refractivity contribution in [3.05, 3.63) is 16.0 Å². The quantitative estimate of drug-likeness (QED) is 0.872. The summed E-state index contributed by atoms with van der Waals surface area (Å²) in [5.41, 5.74) is 0.985. The Bertz CT molecular complexity index is 628. The fourth-order valence-corrected chi connectivity index (χ4v) is 5.58. The molecule has 104 valence electrons. The molecule has 0 saturated heterocycles. The third-order valence-electron chi connectivity index (χ3n) is 3.54. The number of aromatic carboxylic acids is 1. The van der Waals surface area contributed by atoms with E-state index >= 15 is 0 Å². The smallest absolute Gasteiger partial charge is 0.339 e. The lowest BCUT2D eigenvalue weighted by atomic mass is 10.1. The van der Waals surface area contributed by atoms with Crippen molar-refractivity contribution in [2.75, 3.05) is 10.5 Å². The molecule has 1 fully saturated rings. The molecule has 1 aromatic heterocycles. The number of carboxylic acids is 1. The van der Waals surface area contributed by atoms with Crippen molar-refractivity contribution in [2.45, 2.75) is 32.1 Å². The van der Waals surface area contributed by atoms with Crippen molar-refractivity contribution in [1.29, 1.82) is 0 Å². The number of nitrogens with one attached hydrogen (secondary N) is 1. The molecule has 0 bridgehead atoms. The lowest BCUT2D eigenvalue weighted by Gasteiger charge is -2.07. The molecule has 0 atom stereocenters. The van der Waals surface area contributed by atoms with Crippen LogP contribution in [0.15, 0.2) is 0 Å². The number of aryl methyl sites for hydroxylation is 1. The number of rotatable bonds is 5. The minimum Gasteiger partial charge on any atom is -0.478 e. The predicted octanol–water partition coefficient (Wildman–Crippen LogP) is 2.09. The standard InChI is InChI=1S/C12H15NO4S2/c14-12(15)10-8-2-1-3-9(8)18-11(10)13-19(16,17)6-7-4-5-7/h7,13H,1-6H2,(H,14,15). The van der Waals surface area contributed by atoms with Gasteiger partial charge in [-0.05, 0) is 43.6 Å². The van der Waals surface area contributed by atoms with E-state index in [0.29, 0.717) is 0 Å². The van der Waals surface area contributed by atoms with Crippen molar-refractivity contribution < 1.29 is 18.3 Å². The Balaban J connectivity index is 1.90. The first-order valence-electron chi connectivity index (χ1n) is 6.34. The summed E-state index contributed by atoms with van der Waals surface area (Å²) in [7, 11) is -3.42. The van der Waals surface area contributed by atoms with Gasteiger partial charge < -0.3 is 5.11 Å². The molecule has 0 aromatic carbocycles. The van der Waals surface area contributed by atoms with Crippen LogP contribution in [-0.2, 0) is 22.9 Å². The summed E-state index contributed by atoms with van der Waals surface area (Å²) in [6, 6.07) is 0. The highest BCUT2D eigenvalue weighted by molar-refractivity contribution is 7.92. The van der Waals surface area contributed by atoms with Gasteiger partial charge in [-0.2, -0.15) is 0 Å². The van der Waals surface area contributed by atoms with Crippen LogP contribution >= 0.6 is 11.3 Å². The first-order chi connectivity index (χ1) is 8.96. The van der Waals surface area contributed by atoms with Gasteiger partial charge in [-0.3, -0.25) is 4.72 Å². The number of carboxylic acid groups (broad SMARTS) is 1. The van der Waals surface area contributed by atoms with Gasteiger partial charge >= 0.3 is 5.97 Å².